The molecule has 1 heterocycles. The Bertz CT molecular complexity index is 446. The van der Waals surface area contributed by atoms with Crippen LogP contribution in [-0.2, 0) is 11.2 Å². The molecule has 0 radical (unpaired) electrons. The van der Waals surface area contributed by atoms with Crippen molar-refractivity contribution in [2.45, 2.75) is 13.3 Å². The van der Waals surface area contributed by atoms with Gasteiger partial charge in [-0.25, -0.2) is 0 Å². The minimum Gasteiger partial charge on any atom is -0.496 e. The van der Waals surface area contributed by atoms with Crippen LogP contribution in [0.1, 0.15) is 12.5 Å². The van der Waals surface area contributed by atoms with Crippen LogP contribution >= 0.6 is 0 Å². The van der Waals surface area contributed by atoms with Gasteiger partial charge in [0, 0.05) is 13.1 Å². The van der Waals surface area contributed by atoms with Crippen LogP contribution in [0, 0.1) is 11.3 Å². The summed E-state index contributed by atoms with van der Waals surface area (Å²) in [6.07, 6.45) is 0.709. The van der Waals surface area contributed by atoms with E-state index < -0.39 is 5.97 Å². The number of carboxylic acids is 1. The Labute approximate surface area is 107 Å². The Hall–Kier alpha value is -1.55. The molecule has 1 aliphatic rings. The van der Waals surface area contributed by atoms with Crippen molar-refractivity contribution in [3.8, 4) is 5.75 Å². The summed E-state index contributed by atoms with van der Waals surface area (Å²) in [4.78, 5) is 11.3. The Kier molecular flexibility index (Phi) is 3.57. The molecule has 0 spiro atoms. The van der Waals surface area contributed by atoms with Gasteiger partial charge in [0.15, 0.2) is 0 Å². The number of para-hydroxylation sites is 1. The Morgan fingerprint density at radius 1 is 1.56 bits per heavy atom. The molecule has 4 heteroatoms. The summed E-state index contributed by atoms with van der Waals surface area (Å²) in [5.74, 6) is -0.241. The second-order valence-electron chi connectivity index (χ2n) is 5.16. The number of hydrogen-bond acceptors (Lipinski definition) is 3. The maximum absolute atomic E-state index is 11.3. The summed E-state index contributed by atoms with van der Waals surface area (Å²) in [6, 6.07) is 7.80. The minimum absolute atomic E-state index is 0.263. The molecule has 0 amide bonds. The lowest BCUT2D eigenvalue weighted by Gasteiger charge is -2.28. The zero-order valence-electron chi connectivity index (χ0n) is 10.8. The molecule has 0 aromatic heterocycles. The molecule has 4 nitrogen and oxygen atoms in total. The molecule has 1 saturated heterocycles. The third-order valence-electron chi connectivity index (χ3n) is 3.80. The fourth-order valence-electron chi connectivity index (χ4n) is 2.73. The van der Waals surface area contributed by atoms with E-state index in [0.29, 0.717) is 13.0 Å². The van der Waals surface area contributed by atoms with Crippen LogP contribution in [-0.4, -0.2) is 31.3 Å². The van der Waals surface area contributed by atoms with Gasteiger partial charge in [-0.05, 0) is 23.5 Å². The Morgan fingerprint density at radius 2 is 2.28 bits per heavy atom. The zero-order chi connectivity index (χ0) is 13.2. The molecule has 1 aromatic carbocycles. The van der Waals surface area contributed by atoms with Crippen LogP contribution in [0.3, 0.4) is 0 Å². The van der Waals surface area contributed by atoms with Gasteiger partial charge in [-0.3, -0.25) is 4.79 Å². The third-order valence-corrected chi connectivity index (χ3v) is 3.80. The lowest BCUT2D eigenvalue weighted by Crippen LogP contribution is -2.34. The summed E-state index contributed by atoms with van der Waals surface area (Å²) >= 11 is 0. The predicted octanol–water partition coefficient (Wildman–Crippen LogP) is 1.55. The quantitative estimate of drug-likeness (QED) is 0.850. The van der Waals surface area contributed by atoms with E-state index in [4.69, 9.17) is 4.74 Å². The van der Waals surface area contributed by atoms with Gasteiger partial charge < -0.3 is 15.2 Å². The molecule has 1 aliphatic heterocycles. The van der Waals surface area contributed by atoms with Gasteiger partial charge in [-0.1, -0.05) is 25.1 Å². The first-order valence-electron chi connectivity index (χ1n) is 6.12. The summed E-state index contributed by atoms with van der Waals surface area (Å²) in [5, 5.41) is 12.5. The molecule has 0 aliphatic carbocycles. The highest BCUT2D eigenvalue weighted by Crippen LogP contribution is 2.37. The van der Waals surface area contributed by atoms with Crippen LogP contribution in [0.15, 0.2) is 24.3 Å². The Morgan fingerprint density at radius 3 is 2.94 bits per heavy atom. The second kappa shape index (κ2) is 4.98. The number of carboxylic acid groups (broad SMARTS) is 1. The van der Waals surface area contributed by atoms with Gasteiger partial charge >= 0.3 is 5.97 Å². The minimum atomic E-state index is -0.725. The van der Waals surface area contributed by atoms with Gasteiger partial charge in [-0.2, -0.15) is 0 Å². The van der Waals surface area contributed by atoms with Crippen LogP contribution in [0.25, 0.3) is 0 Å². The summed E-state index contributed by atoms with van der Waals surface area (Å²) in [6.45, 7) is 3.29. The number of nitrogens with one attached hydrogen (secondary N) is 1. The number of aliphatic carboxylic acids is 1. The average molecular weight is 249 g/mol. The maximum Gasteiger partial charge on any atom is 0.308 e. The highest BCUT2D eigenvalue weighted by molar-refractivity contribution is 5.72. The van der Waals surface area contributed by atoms with Crippen LogP contribution in [0.2, 0.25) is 0 Å². The fraction of sp³-hybridized carbons (Fsp3) is 0.500. The first-order valence-corrected chi connectivity index (χ1v) is 6.12. The first-order chi connectivity index (χ1) is 8.57. The van der Waals surface area contributed by atoms with E-state index in [0.717, 1.165) is 17.9 Å². The fourth-order valence-corrected chi connectivity index (χ4v) is 2.73. The number of carbonyl (C=O) groups is 1. The molecule has 1 aromatic rings. The SMILES string of the molecule is COc1ccccc1CC1(C)CNCC1C(=O)O. The summed E-state index contributed by atoms with van der Waals surface area (Å²) in [5.41, 5.74) is 0.804. The molecule has 2 rings (SSSR count). The zero-order valence-corrected chi connectivity index (χ0v) is 10.8. The third kappa shape index (κ3) is 2.34. The number of hydrogen-bond donors (Lipinski definition) is 2. The number of ether oxygens (including phenoxy) is 1. The van der Waals surface area contributed by atoms with Gasteiger partial charge in [0.2, 0.25) is 0 Å². The number of benzene rings is 1. The van der Waals surface area contributed by atoms with E-state index in [9.17, 15) is 9.90 Å². The summed E-state index contributed by atoms with van der Waals surface area (Å²) in [7, 11) is 1.64. The molecule has 2 N–H and O–H groups in total. The largest absolute Gasteiger partial charge is 0.496 e. The van der Waals surface area contributed by atoms with Crippen molar-refractivity contribution in [2.24, 2.45) is 11.3 Å². The van der Waals surface area contributed by atoms with E-state index >= 15 is 0 Å². The lowest BCUT2D eigenvalue weighted by molar-refractivity contribution is -0.144. The van der Waals surface area contributed by atoms with Crippen molar-refractivity contribution in [3.63, 3.8) is 0 Å². The van der Waals surface area contributed by atoms with E-state index in [-0.39, 0.29) is 11.3 Å². The molecule has 0 bridgehead atoms. The van der Waals surface area contributed by atoms with Crippen LogP contribution < -0.4 is 10.1 Å². The summed E-state index contributed by atoms with van der Waals surface area (Å²) < 4.78 is 5.33. The Balaban J connectivity index is 2.24. The second-order valence-corrected chi connectivity index (χ2v) is 5.16. The smallest absolute Gasteiger partial charge is 0.308 e. The van der Waals surface area contributed by atoms with Crippen molar-refractivity contribution < 1.29 is 14.6 Å². The molecule has 18 heavy (non-hydrogen) atoms. The highest BCUT2D eigenvalue weighted by atomic mass is 16.5. The van der Waals surface area contributed by atoms with E-state index in [1.165, 1.54) is 0 Å². The predicted molar refractivity (Wildman–Crippen MR) is 68.8 cm³/mol. The normalized spacial score (nSPS) is 27.1. The molecular formula is C14H19NO3. The molecule has 98 valence electrons. The first kappa shape index (κ1) is 12.9. The standard InChI is InChI=1S/C14H19NO3/c1-14(9-15-8-11(14)13(16)17)7-10-5-3-4-6-12(10)18-2/h3-6,11,15H,7-9H2,1-2H3,(H,16,17). The molecule has 2 unspecified atom stereocenters. The number of methoxy groups -OCH3 is 1. The van der Waals surface area contributed by atoms with Crippen LogP contribution in [0.4, 0.5) is 0 Å². The van der Waals surface area contributed by atoms with E-state index in [1.54, 1.807) is 7.11 Å². The van der Waals surface area contributed by atoms with Gasteiger partial charge in [0.05, 0.1) is 13.0 Å². The van der Waals surface area contributed by atoms with E-state index in [1.807, 2.05) is 31.2 Å². The monoisotopic (exact) mass is 249 g/mol. The van der Waals surface area contributed by atoms with Gasteiger partial charge in [0.25, 0.3) is 0 Å². The average Bonchev–Trinajstić information content (AvgIpc) is 2.72. The van der Waals surface area contributed by atoms with E-state index in [2.05, 4.69) is 5.32 Å². The van der Waals surface area contributed by atoms with Gasteiger partial charge in [-0.15, -0.1) is 0 Å². The van der Waals surface area contributed by atoms with Crippen molar-refractivity contribution >= 4 is 5.97 Å². The van der Waals surface area contributed by atoms with Crippen molar-refractivity contribution in [1.29, 1.82) is 0 Å². The van der Waals surface area contributed by atoms with Gasteiger partial charge in [0.1, 0.15) is 5.75 Å². The number of rotatable bonds is 4. The van der Waals surface area contributed by atoms with Crippen molar-refractivity contribution in [3.05, 3.63) is 29.8 Å². The van der Waals surface area contributed by atoms with Crippen LogP contribution in [0.5, 0.6) is 5.75 Å². The molecule has 2 atom stereocenters. The molecule has 0 saturated carbocycles. The lowest BCUT2D eigenvalue weighted by atomic mass is 9.75. The highest BCUT2D eigenvalue weighted by Gasteiger charge is 2.43. The maximum atomic E-state index is 11.3. The molecular weight excluding hydrogens is 230 g/mol. The topological polar surface area (TPSA) is 58.6 Å². The van der Waals surface area contributed by atoms with Crippen molar-refractivity contribution in [1.82, 2.24) is 5.32 Å². The van der Waals surface area contributed by atoms with Crippen molar-refractivity contribution in [2.75, 3.05) is 20.2 Å². The molecule has 1 fully saturated rings.